The molecule has 70 valence electrons. The average molecular weight is 192 g/mol. The molecule has 4 heteroatoms. The highest BCUT2D eigenvalue weighted by Gasteiger charge is 2.22. The predicted octanol–water partition coefficient (Wildman–Crippen LogP) is 0.889. The first-order valence-electron chi connectivity index (χ1n) is 3.85. The van der Waals surface area contributed by atoms with Crippen molar-refractivity contribution in [3.8, 4) is 0 Å². The van der Waals surface area contributed by atoms with Gasteiger partial charge in [0.25, 0.3) is 0 Å². The molecule has 1 rings (SSSR count). The van der Waals surface area contributed by atoms with Gasteiger partial charge in [-0.2, -0.15) is 0 Å². The van der Waals surface area contributed by atoms with Gasteiger partial charge in [0.1, 0.15) is 12.6 Å². The van der Waals surface area contributed by atoms with Crippen LogP contribution in [0.25, 0.3) is 0 Å². The lowest BCUT2D eigenvalue weighted by Gasteiger charge is -2.07. The summed E-state index contributed by atoms with van der Waals surface area (Å²) in [6.45, 7) is 4.70. The highest BCUT2D eigenvalue weighted by Crippen LogP contribution is 2.05. The van der Waals surface area contributed by atoms with E-state index in [-0.39, 0.29) is 24.4 Å². The molecule has 0 aromatic carbocycles. The Bertz CT molecular complexity index is 155. The van der Waals surface area contributed by atoms with Crippen LogP contribution >= 0.6 is 12.4 Å². The molecule has 0 aromatic rings. The molecule has 12 heavy (non-hydrogen) atoms. The van der Waals surface area contributed by atoms with Gasteiger partial charge >= 0.3 is 5.97 Å². The van der Waals surface area contributed by atoms with Gasteiger partial charge < -0.3 is 10.1 Å². The van der Waals surface area contributed by atoms with Crippen LogP contribution in [-0.4, -0.2) is 25.2 Å². The summed E-state index contributed by atoms with van der Waals surface area (Å²) in [7, 11) is 0. The van der Waals surface area contributed by atoms with Crippen LogP contribution in [0.4, 0.5) is 0 Å². The van der Waals surface area contributed by atoms with Crippen molar-refractivity contribution >= 4 is 18.4 Å². The molecule has 0 saturated carbocycles. The number of hydrogen-bond acceptors (Lipinski definition) is 3. The van der Waals surface area contributed by atoms with Crippen LogP contribution in [0.2, 0.25) is 0 Å². The summed E-state index contributed by atoms with van der Waals surface area (Å²) in [5.74, 6) is -0.151. The normalized spacial score (nSPS) is 21.2. The third-order valence-electron chi connectivity index (χ3n) is 1.69. The Morgan fingerprint density at radius 1 is 1.75 bits per heavy atom. The molecule has 1 aliphatic rings. The van der Waals surface area contributed by atoms with Crippen LogP contribution in [0.1, 0.15) is 12.8 Å². The molecule has 0 bridgehead atoms. The first kappa shape index (κ1) is 11.5. The lowest BCUT2D eigenvalue weighted by Crippen LogP contribution is -2.32. The molecule has 1 saturated heterocycles. The summed E-state index contributed by atoms with van der Waals surface area (Å²) in [5, 5.41) is 3.06. The van der Waals surface area contributed by atoms with Gasteiger partial charge in [0.05, 0.1) is 0 Å². The van der Waals surface area contributed by atoms with Gasteiger partial charge in [-0.1, -0.05) is 12.7 Å². The lowest BCUT2D eigenvalue weighted by molar-refractivity contribution is -0.144. The van der Waals surface area contributed by atoms with Gasteiger partial charge in [-0.3, -0.25) is 4.79 Å². The Morgan fingerprint density at radius 3 is 3.00 bits per heavy atom. The van der Waals surface area contributed by atoms with Crippen LogP contribution in [0.15, 0.2) is 12.7 Å². The molecule has 0 aliphatic carbocycles. The second-order valence-corrected chi connectivity index (χ2v) is 2.57. The average Bonchev–Trinajstić information content (AvgIpc) is 2.52. The first-order valence-corrected chi connectivity index (χ1v) is 3.85. The van der Waals surface area contributed by atoms with Crippen LogP contribution in [0.5, 0.6) is 0 Å². The molecule has 1 fully saturated rings. The monoisotopic (exact) mass is 191 g/mol. The number of carbonyl (C=O) groups is 1. The largest absolute Gasteiger partial charge is 0.460 e. The maximum Gasteiger partial charge on any atom is 0.323 e. The SMILES string of the molecule is C=CCOC(=O)[C@@H]1CCCN1.Cl. The standard InChI is InChI=1S/C8H13NO2.ClH/c1-2-6-11-8(10)7-4-3-5-9-7;/h2,7,9H,1,3-6H2;1H/t7-;/m0./s1. The van der Waals surface area contributed by atoms with Crippen molar-refractivity contribution < 1.29 is 9.53 Å². The Kier molecular flexibility index (Phi) is 5.76. The molecule has 0 radical (unpaired) electrons. The summed E-state index contributed by atoms with van der Waals surface area (Å²) in [6.07, 6.45) is 3.54. The number of hydrogen-bond donors (Lipinski definition) is 1. The molecule has 1 atom stereocenters. The molecule has 0 spiro atoms. The number of carbonyl (C=O) groups excluding carboxylic acids is 1. The second kappa shape index (κ2) is 6.03. The van der Waals surface area contributed by atoms with E-state index in [9.17, 15) is 4.79 Å². The molecule has 3 nitrogen and oxygen atoms in total. The quantitative estimate of drug-likeness (QED) is 0.532. The number of nitrogens with one attached hydrogen (secondary N) is 1. The molecule has 0 amide bonds. The van der Waals surface area contributed by atoms with Crippen molar-refractivity contribution in [3.05, 3.63) is 12.7 Å². The Hall–Kier alpha value is -0.540. The fourth-order valence-electron chi connectivity index (χ4n) is 1.13. The molecular formula is C8H14ClNO2. The van der Waals surface area contributed by atoms with Gasteiger partial charge in [-0.25, -0.2) is 0 Å². The minimum absolute atomic E-state index is 0. The third-order valence-corrected chi connectivity index (χ3v) is 1.69. The van der Waals surface area contributed by atoms with Crippen LogP contribution in [-0.2, 0) is 9.53 Å². The van der Waals surface area contributed by atoms with Crippen LogP contribution in [0, 0.1) is 0 Å². The van der Waals surface area contributed by atoms with Crippen molar-refractivity contribution in [2.45, 2.75) is 18.9 Å². The van der Waals surface area contributed by atoms with Crippen LogP contribution < -0.4 is 5.32 Å². The van der Waals surface area contributed by atoms with Crippen molar-refractivity contribution in [3.63, 3.8) is 0 Å². The number of halogens is 1. The zero-order chi connectivity index (χ0) is 8.10. The number of ether oxygens (including phenoxy) is 1. The lowest BCUT2D eigenvalue weighted by atomic mass is 10.2. The minimum atomic E-state index is -0.151. The van der Waals surface area contributed by atoms with E-state index in [0.29, 0.717) is 6.61 Å². The summed E-state index contributed by atoms with van der Waals surface area (Å²) in [4.78, 5) is 11.1. The fourth-order valence-corrected chi connectivity index (χ4v) is 1.13. The van der Waals surface area contributed by atoms with Crippen molar-refractivity contribution in [2.24, 2.45) is 0 Å². The van der Waals surface area contributed by atoms with E-state index in [4.69, 9.17) is 4.74 Å². The predicted molar refractivity (Wildman–Crippen MR) is 49.4 cm³/mol. The van der Waals surface area contributed by atoms with E-state index in [0.717, 1.165) is 19.4 Å². The first-order chi connectivity index (χ1) is 5.34. The van der Waals surface area contributed by atoms with E-state index in [1.165, 1.54) is 0 Å². The van der Waals surface area contributed by atoms with E-state index < -0.39 is 0 Å². The van der Waals surface area contributed by atoms with E-state index in [1.807, 2.05) is 0 Å². The molecular weight excluding hydrogens is 178 g/mol. The van der Waals surface area contributed by atoms with E-state index in [1.54, 1.807) is 6.08 Å². The van der Waals surface area contributed by atoms with Gasteiger partial charge in [0.15, 0.2) is 0 Å². The second-order valence-electron chi connectivity index (χ2n) is 2.57. The van der Waals surface area contributed by atoms with Crippen molar-refractivity contribution in [2.75, 3.05) is 13.2 Å². The Morgan fingerprint density at radius 2 is 2.50 bits per heavy atom. The minimum Gasteiger partial charge on any atom is -0.460 e. The van der Waals surface area contributed by atoms with Gasteiger partial charge in [-0.05, 0) is 19.4 Å². The molecule has 1 heterocycles. The van der Waals surface area contributed by atoms with Gasteiger partial charge in [0, 0.05) is 0 Å². The molecule has 0 unspecified atom stereocenters. The highest BCUT2D eigenvalue weighted by molar-refractivity contribution is 5.85. The summed E-state index contributed by atoms with van der Waals surface area (Å²) in [6, 6.07) is -0.0741. The van der Waals surface area contributed by atoms with Crippen molar-refractivity contribution in [1.82, 2.24) is 5.32 Å². The van der Waals surface area contributed by atoms with Gasteiger partial charge in [0.2, 0.25) is 0 Å². The van der Waals surface area contributed by atoms with Gasteiger partial charge in [-0.15, -0.1) is 12.4 Å². The zero-order valence-corrected chi connectivity index (χ0v) is 7.73. The smallest absolute Gasteiger partial charge is 0.323 e. The number of rotatable bonds is 3. The third kappa shape index (κ3) is 3.24. The summed E-state index contributed by atoms with van der Waals surface area (Å²) >= 11 is 0. The number of esters is 1. The summed E-state index contributed by atoms with van der Waals surface area (Å²) in [5.41, 5.74) is 0. The Labute approximate surface area is 78.6 Å². The molecule has 1 N–H and O–H groups in total. The van der Waals surface area contributed by atoms with Crippen LogP contribution in [0.3, 0.4) is 0 Å². The van der Waals surface area contributed by atoms with E-state index in [2.05, 4.69) is 11.9 Å². The topological polar surface area (TPSA) is 38.3 Å². The highest BCUT2D eigenvalue weighted by atomic mass is 35.5. The summed E-state index contributed by atoms with van der Waals surface area (Å²) < 4.78 is 4.86. The van der Waals surface area contributed by atoms with E-state index >= 15 is 0 Å². The fraction of sp³-hybridized carbons (Fsp3) is 0.625. The maximum absolute atomic E-state index is 11.1. The Balaban J connectivity index is 0.00000121. The zero-order valence-electron chi connectivity index (χ0n) is 6.91. The molecule has 1 aliphatic heterocycles. The maximum atomic E-state index is 11.1. The van der Waals surface area contributed by atoms with Crippen molar-refractivity contribution in [1.29, 1.82) is 0 Å². The molecule has 0 aromatic heterocycles.